The molecule has 0 aromatic rings. The Hall–Kier alpha value is -0.650. The molecule has 1 saturated heterocycles. The van der Waals surface area contributed by atoms with Crippen molar-refractivity contribution in [2.45, 2.75) is 58.7 Å². The largest absolute Gasteiger partial charge is 0.465 e. The maximum atomic E-state index is 12.2. The van der Waals surface area contributed by atoms with Crippen LogP contribution in [0.4, 0.5) is 0 Å². The Morgan fingerprint density at radius 2 is 2.25 bits per heavy atom. The molecular weight excluding hydrogens is 256 g/mol. The lowest BCUT2D eigenvalue weighted by Crippen LogP contribution is -2.55. The van der Waals surface area contributed by atoms with Gasteiger partial charge in [-0.2, -0.15) is 0 Å². The van der Waals surface area contributed by atoms with E-state index in [4.69, 9.17) is 9.47 Å². The molecule has 1 rings (SSSR count). The van der Waals surface area contributed by atoms with Gasteiger partial charge in [0.15, 0.2) is 0 Å². The molecule has 1 fully saturated rings. The standard InChI is InChI=1S/C15H30N2O3/c1-6-20-14(18)15(5,16-12(2)3)7-8-17-9-10-19-11-13(17)4/h12-13,16H,6-11H2,1-5H3. The second-order valence-corrected chi connectivity index (χ2v) is 6.06. The van der Waals surface area contributed by atoms with Gasteiger partial charge in [0.05, 0.1) is 19.8 Å². The van der Waals surface area contributed by atoms with Gasteiger partial charge < -0.3 is 9.47 Å². The van der Waals surface area contributed by atoms with Gasteiger partial charge in [0.25, 0.3) is 0 Å². The third-order valence-corrected chi connectivity index (χ3v) is 3.74. The Labute approximate surface area is 123 Å². The predicted octanol–water partition coefficient (Wildman–Crippen LogP) is 1.42. The molecule has 1 aliphatic heterocycles. The van der Waals surface area contributed by atoms with Crippen LogP contribution in [0.15, 0.2) is 0 Å². The van der Waals surface area contributed by atoms with Crippen LogP contribution in [0.1, 0.15) is 41.0 Å². The Bertz CT molecular complexity index is 309. The van der Waals surface area contributed by atoms with Crippen LogP contribution in [-0.2, 0) is 14.3 Å². The molecule has 5 nitrogen and oxygen atoms in total. The van der Waals surface area contributed by atoms with E-state index in [2.05, 4.69) is 31.0 Å². The summed E-state index contributed by atoms with van der Waals surface area (Å²) in [5, 5.41) is 3.36. The van der Waals surface area contributed by atoms with Crippen LogP contribution >= 0.6 is 0 Å². The molecule has 0 amide bonds. The number of carbonyl (C=O) groups is 1. The van der Waals surface area contributed by atoms with Crippen molar-refractivity contribution >= 4 is 5.97 Å². The SMILES string of the molecule is CCOC(=O)C(C)(CCN1CCOCC1C)NC(C)C. The first-order chi connectivity index (χ1) is 9.39. The van der Waals surface area contributed by atoms with Crippen molar-refractivity contribution in [3.8, 4) is 0 Å². The van der Waals surface area contributed by atoms with Crippen molar-refractivity contribution in [3.05, 3.63) is 0 Å². The first kappa shape index (κ1) is 17.4. The zero-order valence-corrected chi connectivity index (χ0v) is 13.6. The van der Waals surface area contributed by atoms with E-state index in [1.165, 1.54) is 0 Å². The lowest BCUT2D eigenvalue weighted by molar-refractivity contribution is -0.151. The first-order valence-corrected chi connectivity index (χ1v) is 7.65. The molecule has 1 N–H and O–H groups in total. The average Bonchev–Trinajstić information content (AvgIpc) is 2.37. The molecule has 0 radical (unpaired) electrons. The first-order valence-electron chi connectivity index (χ1n) is 7.65. The monoisotopic (exact) mass is 286 g/mol. The maximum Gasteiger partial charge on any atom is 0.326 e. The zero-order chi connectivity index (χ0) is 15.2. The summed E-state index contributed by atoms with van der Waals surface area (Å²) in [7, 11) is 0. The summed E-state index contributed by atoms with van der Waals surface area (Å²) in [5.74, 6) is -0.158. The highest BCUT2D eigenvalue weighted by molar-refractivity contribution is 5.80. The van der Waals surface area contributed by atoms with Crippen LogP contribution in [0, 0.1) is 0 Å². The van der Waals surface area contributed by atoms with E-state index in [9.17, 15) is 4.79 Å². The molecule has 0 bridgehead atoms. The molecule has 0 spiro atoms. The maximum absolute atomic E-state index is 12.2. The number of esters is 1. The van der Waals surface area contributed by atoms with E-state index in [-0.39, 0.29) is 12.0 Å². The minimum Gasteiger partial charge on any atom is -0.465 e. The Balaban J connectivity index is 2.61. The minimum absolute atomic E-state index is 0.158. The number of hydrogen-bond acceptors (Lipinski definition) is 5. The average molecular weight is 286 g/mol. The second kappa shape index (κ2) is 7.96. The smallest absolute Gasteiger partial charge is 0.326 e. The zero-order valence-electron chi connectivity index (χ0n) is 13.6. The Kier molecular flexibility index (Phi) is 6.92. The van der Waals surface area contributed by atoms with Gasteiger partial charge in [-0.25, -0.2) is 0 Å². The Morgan fingerprint density at radius 3 is 2.80 bits per heavy atom. The normalized spacial score (nSPS) is 23.6. The van der Waals surface area contributed by atoms with E-state index in [1.54, 1.807) is 0 Å². The van der Waals surface area contributed by atoms with E-state index >= 15 is 0 Å². The summed E-state index contributed by atoms with van der Waals surface area (Å²) in [6, 6.07) is 0.653. The highest BCUT2D eigenvalue weighted by Crippen LogP contribution is 2.17. The predicted molar refractivity (Wildman–Crippen MR) is 79.8 cm³/mol. The quantitative estimate of drug-likeness (QED) is 0.717. The number of nitrogens with zero attached hydrogens (tertiary/aromatic N) is 1. The molecule has 0 saturated carbocycles. The van der Waals surface area contributed by atoms with Crippen molar-refractivity contribution in [3.63, 3.8) is 0 Å². The summed E-state index contributed by atoms with van der Waals surface area (Å²) < 4.78 is 10.7. The topological polar surface area (TPSA) is 50.8 Å². The molecule has 0 aromatic carbocycles. The molecule has 0 aliphatic carbocycles. The van der Waals surface area contributed by atoms with Crippen molar-refractivity contribution < 1.29 is 14.3 Å². The van der Waals surface area contributed by atoms with Crippen LogP contribution < -0.4 is 5.32 Å². The van der Waals surface area contributed by atoms with Crippen LogP contribution in [0.25, 0.3) is 0 Å². The minimum atomic E-state index is -0.623. The third kappa shape index (κ3) is 5.04. The number of rotatable bonds is 7. The van der Waals surface area contributed by atoms with Crippen molar-refractivity contribution in [1.29, 1.82) is 0 Å². The third-order valence-electron chi connectivity index (χ3n) is 3.74. The van der Waals surface area contributed by atoms with Crippen molar-refractivity contribution in [2.75, 3.05) is 32.9 Å². The number of carbonyl (C=O) groups excluding carboxylic acids is 1. The second-order valence-electron chi connectivity index (χ2n) is 6.06. The summed E-state index contributed by atoms with van der Waals surface area (Å²) in [4.78, 5) is 14.6. The summed E-state index contributed by atoms with van der Waals surface area (Å²) in [5.41, 5.74) is -0.623. The van der Waals surface area contributed by atoms with E-state index in [0.717, 1.165) is 32.7 Å². The van der Waals surface area contributed by atoms with Crippen molar-refractivity contribution in [2.24, 2.45) is 0 Å². The number of hydrogen-bond donors (Lipinski definition) is 1. The van der Waals surface area contributed by atoms with Gasteiger partial charge in [-0.1, -0.05) is 0 Å². The van der Waals surface area contributed by atoms with Crippen LogP contribution in [0.2, 0.25) is 0 Å². The molecule has 118 valence electrons. The Morgan fingerprint density at radius 1 is 1.55 bits per heavy atom. The van der Waals surface area contributed by atoms with Gasteiger partial charge in [-0.05, 0) is 41.0 Å². The summed E-state index contributed by atoms with van der Waals surface area (Å²) in [6.45, 7) is 13.8. The van der Waals surface area contributed by atoms with Gasteiger partial charge in [-0.15, -0.1) is 0 Å². The van der Waals surface area contributed by atoms with E-state index in [0.29, 0.717) is 12.6 Å². The molecule has 1 heterocycles. The molecule has 0 aromatic heterocycles. The molecule has 2 atom stereocenters. The van der Waals surface area contributed by atoms with Gasteiger partial charge >= 0.3 is 5.97 Å². The summed E-state index contributed by atoms with van der Waals surface area (Å²) >= 11 is 0. The lowest BCUT2D eigenvalue weighted by atomic mass is 9.96. The fourth-order valence-electron chi connectivity index (χ4n) is 2.62. The van der Waals surface area contributed by atoms with Gasteiger partial charge in [0.2, 0.25) is 0 Å². The molecule has 5 heteroatoms. The fraction of sp³-hybridized carbons (Fsp3) is 0.933. The van der Waals surface area contributed by atoms with Crippen LogP contribution in [0.5, 0.6) is 0 Å². The van der Waals surface area contributed by atoms with Gasteiger partial charge in [0.1, 0.15) is 5.54 Å². The number of morpholine rings is 1. The van der Waals surface area contributed by atoms with Crippen molar-refractivity contribution in [1.82, 2.24) is 10.2 Å². The van der Waals surface area contributed by atoms with Gasteiger partial charge in [0, 0.05) is 25.2 Å². The summed E-state index contributed by atoms with van der Waals surface area (Å²) in [6.07, 6.45) is 0.744. The van der Waals surface area contributed by atoms with Crippen LogP contribution in [-0.4, -0.2) is 61.4 Å². The highest BCUT2D eigenvalue weighted by atomic mass is 16.5. The molecule has 1 aliphatic rings. The molecule has 20 heavy (non-hydrogen) atoms. The van der Waals surface area contributed by atoms with E-state index < -0.39 is 5.54 Å². The lowest BCUT2D eigenvalue weighted by Gasteiger charge is -2.37. The highest BCUT2D eigenvalue weighted by Gasteiger charge is 2.36. The van der Waals surface area contributed by atoms with Gasteiger partial charge in [-0.3, -0.25) is 15.0 Å². The van der Waals surface area contributed by atoms with E-state index in [1.807, 2.05) is 13.8 Å². The molecule has 2 unspecified atom stereocenters. The fourth-order valence-corrected chi connectivity index (χ4v) is 2.62. The van der Waals surface area contributed by atoms with Crippen LogP contribution in [0.3, 0.4) is 0 Å². The molecular formula is C15H30N2O3. The number of nitrogens with one attached hydrogen (secondary N) is 1. The number of ether oxygens (including phenoxy) is 2.